The van der Waals surface area contributed by atoms with Crippen LogP contribution in [0, 0.1) is 21.7 Å². The van der Waals surface area contributed by atoms with E-state index < -0.39 is 16.6 Å². The van der Waals surface area contributed by atoms with E-state index in [1.165, 1.54) is 12.1 Å². The summed E-state index contributed by atoms with van der Waals surface area (Å²) in [6.07, 6.45) is 0. The van der Waals surface area contributed by atoms with E-state index in [-0.39, 0.29) is 28.6 Å². The summed E-state index contributed by atoms with van der Waals surface area (Å²) in [6, 6.07) is 6.81. The zero-order chi connectivity index (χ0) is 14.7. The Bertz CT molecular complexity index is 664. The van der Waals surface area contributed by atoms with Crippen molar-refractivity contribution in [2.45, 2.75) is 6.61 Å². The molecule has 0 unspecified atom stereocenters. The Morgan fingerprint density at radius 1 is 1.20 bits per heavy atom. The summed E-state index contributed by atoms with van der Waals surface area (Å²) in [4.78, 5) is 10.2. The van der Waals surface area contributed by atoms with Gasteiger partial charge in [0.2, 0.25) is 0 Å². The fourth-order valence-corrected chi connectivity index (χ4v) is 1.69. The molecule has 20 heavy (non-hydrogen) atoms. The van der Waals surface area contributed by atoms with Crippen molar-refractivity contribution in [3.05, 3.63) is 68.7 Å². The molecule has 4 nitrogen and oxygen atoms in total. The number of ether oxygens (including phenoxy) is 1. The minimum Gasteiger partial charge on any atom is -0.489 e. The van der Waals surface area contributed by atoms with Crippen molar-refractivity contribution < 1.29 is 18.4 Å². The average Bonchev–Trinajstić information content (AvgIpc) is 2.40. The van der Waals surface area contributed by atoms with Crippen molar-refractivity contribution in [1.29, 1.82) is 0 Å². The number of halogens is 3. The second-order valence-corrected chi connectivity index (χ2v) is 4.30. The second-order valence-electron chi connectivity index (χ2n) is 3.89. The first-order chi connectivity index (χ1) is 9.47. The predicted octanol–water partition coefficient (Wildman–Crippen LogP) is 4.11. The van der Waals surface area contributed by atoms with Gasteiger partial charge in [0.25, 0.3) is 5.69 Å². The molecule has 0 saturated carbocycles. The molecule has 0 bridgehead atoms. The van der Waals surface area contributed by atoms with E-state index in [1.54, 1.807) is 0 Å². The van der Waals surface area contributed by atoms with Gasteiger partial charge in [-0.25, -0.2) is 8.78 Å². The van der Waals surface area contributed by atoms with Gasteiger partial charge in [-0.1, -0.05) is 11.6 Å². The molecule has 104 valence electrons. The molecule has 0 saturated heterocycles. The third-order valence-electron chi connectivity index (χ3n) is 2.52. The van der Waals surface area contributed by atoms with Gasteiger partial charge in [0.15, 0.2) is 0 Å². The van der Waals surface area contributed by atoms with E-state index in [2.05, 4.69) is 0 Å². The van der Waals surface area contributed by atoms with Crippen molar-refractivity contribution in [1.82, 2.24) is 0 Å². The Morgan fingerprint density at radius 3 is 2.60 bits per heavy atom. The van der Waals surface area contributed by atoms with Gasteiger partial charge in [0.05, 0.1) is 15.5 Å². The summed E-state index contributed by atoms with van der Waals surface area (Å²) in [5, 5.41) is 10.7. The van der Waals surface area contributed by atoms with Crippen LogP contribution < -0.4 is 4.74 Å². The van der Waals surface area contributed by atoms with Crippen LogP contribution in [0.25, 0.3) is 0 Å². The van der Waals surface area contributed by atoms with Crippen LogP contribution in [0.2, 0.25) is 5.02 Å². The Balaban J connectivity index is 2.20. The number of hydrogen-bond donors (Lipinski definition) is 0. The van der Waals surface area contributed by atoms with Crippen molar-refractivity contribution >= 4 is 17.3 Å². The summed E-state index contributed by atoms with van der Waals surface area (Å²) in [5.74, 6) is -1.14. The van der Waals surface area contributed by atoms with Crippen LogP contribution in [0.15, 0.2) is 36.4 Å². The minimum atomic E-state index is -0.669. The van der Waals surface area contributed by atoms with Gasteiger partial charge in [-0.05, 0) is 24.3 Å². The van der Waals surface area contributed by atoms with Crippen LogP contribution in [0.5, 0.6) is 5.75 Å². The van der Waals surface area contributed by atoms with E-state index >= 15 is 0 Å². The Hall–Kier alpha value is -2.21. The largest absolute Gasteiger partial charge is 0.489 e. The lowest BCUT2D eigenvalue weighted by atomic mass is 10.2. The van der Waals surface area contributed by atoms with Crippen LogP contribution in [0.4, 0.5) is 14.5 Å². The van der Waals surface area contributed by atoms with Crippen molar-refractivity contribution in [2.24, 2.45) is 0 Å². The highest BCUT2D eigenvalue weighted by molar-refractivity contribution is 6.30. The first-order valence-electron chi connectivity index (χ1n) is 5.48. The Morgan fingerprint density at radius 2 is 1.95 bits per heavy atom. The van der Waals surface area contributed by atoms with E-state index in [4.69, 9.17) is 16.3 Å². The van der Waals surface area contributed by atoms with Crippen LogP contribution in [0.1, 0.15) is 5.56 Å². The third kappa shape index (κ3) is 3.21. The summed E-state index contributed by atoms with van der Waals surface area (Å²) in [5.41, 5.74) is -0.203. The summed E-state index contributed by atoms with van der Waals surface area (Å²) in [7, 11) is 0. The number of nitro benzene ring substituents is 1. The molecule has 0 aromatic heterocycles. The van der Waals surface area contributed by atoms with Gasteiger partial charge < -0.3 is 4.74 Å². The van der Waals surface area contributed by atoms with Gasteiger partial charge in [-0.15, -0.1) is 0 Å². The lowest BCUT2D eigenvalue weighted by Crippen LogP contribution is -2.01. The molecule has 0 radical (unpaired) electrons. The number of benzene rings is 2. The molecular weight excluding hydrogens is 292 g/mol. The van der Waals surface area contributed by atoms with Crippen molar-refractivity contribution in [2.75, 3.05) is 0 Å². The molecular formula is C13H8ClF2NO3. The monoisotopic (exact) mass is 299 g/mol. The molecule has 0 spiro atoms. The zero-order valence-corrected chi connectivity index (χ0v) is 10.7. The smallest absolute Gasteiger partial charge is 0.276 e. The molecule has 7 heteroatoms. The van der Waals surface area contributed by atoms with Crippen LogP contribution in [-0.2, 0) is 6.61 Å². The van der Waals surface area contributed by atoms with Gasteiger partial charge >= 0.3 is 0 Å². The summed E-state index contributed by atoms with van der Waals surface area (Å²) in [6.45, 7) is -0.255. The molecule has 2 aromatic rings. The fraction of sp³-hybridized carbons (Fsp3) is 0.0769. The second kappa shape index (κ2) is 5.83. The lowest BCUT2D eigenvalue weighted by Gasteiger charge is -2.07. The molecule has 2 aromatic carbocycles. The first-order valence-corrected chi connectivity index (χ1v) is 5.86. The zero-order valence-electron chi connectivity index (χ0n) is 9.98. The number of rotatable bonds is 4. The molecule has 0 aliphatic heterocycles. The SMILES string of the molecule is O=[N+]([O-])c1ccc(F)cc1COc1ccc(Cl)c(F)c1. The highest BCUT2D eigenvalue weighted by Crippen LogP contribution is 2.24. The van der Waals surface area contributed by atoms with E-state index in [0.29, 0.717) is 0 Å². The number of nitrogens with zero attached hydrogens (tertiary/aromatic N) is 1. The third-order valence-corrected chi connectivity index (χ3v) is 2.83. The quantitative estimate of drug-likeness (QED) is 0.630. The molecule has 2 rings (SSSR count). The Kier molecular flexibility index (Phi) is 4.14. The number of hydrogen-bond acceptors (Lipinski definition) is 3. The minimum absolute atomic E-state index is 0.0605. The van der Waals surface area contributed by atoms with Gasteiger partial charge in [-0.2, -0.15) is 0 Å². The normalized spacial score (nSPS) is 10.3. The standard InChI is InChI=1S/C13H8ClF2NO3/c14-11-3-2-10(6-12(11)16)20-7-8-5-9(15)1-4-13(8)17(18)19/h1-6H,7H2. The molecule has 0 aliphatic rings. The lowest BCUT2D eigenvalue weighted by molar-refractivity contribution is -0.385. The molecule has 0 fully saturated rings. The first kappa shape index (κ1) is 14.2. The van der Waals surface area contributed by atoms with E-state index in [9.17, 15) is 18.9 Å². The molecule has 0 atom stereocenters. The summed E-state index contributed by atoms with van der Waals surface area (Å²) >= 11 is 5.52. The Labute approximate surface area is 117 Å². The van der Waals surface area contributed by atoms with E-state index in [1.807, 2.05) is 0 Å². The molecule has 0 heterocycles. The van der Waals surface area contributed by atoms with Crippen LogP contribution in [-0.4, -0.2) is 4.92 Å². The van der Waals surface area contributed by atoms with Gasteiger partial charge in [-0.3, -0.25) is 10.1 Å². The van der Waals surface area contributed by atoms with Gasteiger partial charge in [0.1, 0.15) is 24.0 Å². The van der Waals surface area contributed by atoms with Crippen molar-refractivity contribution in [3.63, 3.8) is 0 Å². The topological polar surface area (TPSA) is 52.4 Å². The highest BCUT2D eigenvalue weighted by atomic mass is 35.5. The fourth-order valence-electron chi connectivity index (χ4n) is 1.58. The maximum atomic E-state index is 13.2. The number of nitro groups is 1. The predicted molar refractivity (Wildman–Crippen MR) is 68.8 cm³/mol. The highest BCUT2D eigenvalue weighted by Gasteiger charge is 2.15. The molecule has 0 amide bonds. The van der Waals surface area contributed by atoms with Crippen LogP contribution >= 0.6 is 11.6 Å². The maximum Gasteiger partial charge on any atom is 0.276 e. The summed E-state index contributed by atoms with van der Waals surface area (Å²) < 4.78 is 31.5. The van der Waals surface area contributed by atoms with Crippen molar-refractivity contribution in [3.8, 4) is 5.75 Å². The average molecular weight is 300 g/mol. The molecule has 0 aliphatic carbocycles. The van der Waals surface area contributed by atoms with Gasteiger partial charge in [0, 0.05) is 12.1 Å². The van der Waals surface area contributed by atoms with E-state index in [0.717, 1.165) is 24.3 Å². The van der Waals surface area contributed by atoms with Crippen LogP contribution in [0.3, 0.4) is 0 Å². The molecule has 0 N–H and O–H groups in total. The maximum absolute atomic E-state index is 13.2.